The molecule has 2 rings (SSSR count). The smallest absolute Gasteiger partial charge is 0.282 e. The summed E-state index contributed by atoms with van der Waals surface area (Å²) in [5.41, 5.74) is -2.33. The Morgan fingerprint density at radius 1 is 1.00 bits per heavy atom. The fraction of sp³-hybridized carbons (Fsp3) is 0.600. The van der Waals surface area contributed by atoms with Crippen molar-refractivity contribution in [3.63, 3.8) is 0 Å². The number of nitrogens with zero attached hydrogens (tertiary/aromatic N) is 3. The van der Waals surface area contributed by atoms with Crippen LogP contribution in [0.5, 0.6) is 0 Å². The highest BCUT2D eigenvalue weighted by atomic mass is 32.2. The van der Waals surface area contributed by atoms with Crippen molar-refractivity contribution in [1.29, 1.82) is 0 Å². The molecule has 0 N–H and O–H groups in total. The molecule has 2 saturated heterocycles. The summed E-state index contributed by atoms with van der Waals surface area (Å²) in [6.45, 7) is 1.15. The Morgan fingerprint density at radius 2 is 1.40 bits per heavy atom. The molecule has 20 heavy (non-hydrogen) atoms. The van der Waals surface area contributed by atoms with Crippen molar-refractivity contribution in [3.8, 4) is 0 Å². The lowest BCUT2D eigenvalue weighted by Gasteiger charge is -2.52. The Bertz CT molecular complexity index is 618. The van der Waals surface area contributed by atoms with Crippen molar-refractivity contribution in [3.05, 3.63) is 0 Å². The van der Waals surface area contributed by atoms with E-state index < -0.39 is 44.4 Å². The normalized spacial score (nSPS) is 23.2. The molecule has 2 heterocycles. The molecule has 9 nitrogen and oxygen atoms in total. The quantitative estimate of drug-likeness (QED) is 0.423. The first-order valence-electron chi connectivity index (χ1n) is 5.64. The van der Waals surface area contributed by atoms with Gasteiger partial charge in [0.15, 0.2) is 5.37 Å². The van der Waals surface area contributed by atoms with Crippen LogP contribution in [-0.4, -0.2) is 72.7 Å². The first-order valence-corrected chi connectivity index (χ1v) is 7.14. The van der Waals surface area contributed by atoms with E-state index >= 15 is 0 Å². The molecule has 2 aliphatic heterocycles. The molecule has 110 valence electrons. The van der Waals surface area contributed by atoms with E-state index in [4.69, 9.17) is 0 Å². The van der Waals surface area contributed by atoms with E-state index in [0.29, 0.717) is 9.80 Å². The largest absolute Gasteiger partial charge is 0.285 e. The summed E-state index contributed by atoms with van der Waals surface area (Å²) < 4.78 is 24.7. The van der Waals surface area contributed by atoms with Crippen LogP contribution in [0.1, 0.15) is 6.92 Å². The second-order valence-electron chi connectivity index (χ2n) is 4.83. The van der Waals surface area contributed by atoms with Crippen molar-refractivity contribution in [1.82, 2.24) is 14.1 Å². The second kappa shape index (κ2) is 3.85. The molecular formula is C10H13N3O6S. The summed E-state index contributed by atoms with van der Waals surface area (Å²) in [6, 6.07) is 0. The minimum Gasteiger partial charge on any atom is -0.282 e. The minimum atomic E-state index is -3.90. The number of β-lactam (4-membered cyclic amide) rings is 4. The number of hydrogen-bond acceptors (Lipinski definition) is 6. The summed E-state index contributed by atoms with van der Waals surface area (Å²) >= 11 is 0. The zero-order valence-corrected chi connectivity index (χ0v) is 12.1. The Labute approximate surface area is 115 Å². The van der Waals surface area contributed by atoms with E-state index in [2.05, 4.69) is 0 Å². The number of likely N-dealkylation sites (tertiary alicyclic amines) is 2. The van der Waals surface area contributed by atoms with Crippen molar-refractivity contribution in [2.45, 2.75) is 12.3 Å². The number of imide groups is 2. The van der Waals surface area contributed by atoms with E-state index in [1.54, 1.807) is 0 Å². The Balaban J connectivity index is 2.34. The number of amides is 4. The van der Waals surface area contributed by atoms with Crippen LogP contribution in [0, 0.1) is 5.41 Å². The van der Waals surface area contributed by atoms with Crippen LogP contribution in [0.3, 0.4) is 0 Å². The third-order valence-corrected chi connectivity index (χ3v) is 5.72. The van der Waals surface area contributed by atoms with Gasteiger partial charge in [-0.25, -0.2) is 12.7 Å². The third kappa shape index (κ3) is 1.27. The molecule has 0 saturated carbocycles. The van der Waals surface area contributed by atoms with Gasteiger partial charge in [-0.15, -0.1) is 0 Å². The zero-order valence-electron chi connectivity index (χ0n) is 11.3. The van der Waals surface area contributed by atoms with Crippen LogP contribution in [0.4, 0.5) is 0 Å². The standard InChI is InChI=1S/C10H13N3O6S/c1-5(20(18,19)11(2)3)13-8(16)10(9(13)17)6(14)12(4)7(10)15/h5H,1-4H3. The SMILES string of the molecule is CC(N1C(=O)C2(C(=O)N(C)C2=O)C1=O)S(=O)(=O)N(C)C. The average Bonchev–Trinajstić information content (AvgIpc) is 2.38. The molecule has 2 fully saturated rings. The lowest BCUT2D eigenvalue weighted by atomic mass is 9.69. The van der Waals surface area contributed by atoms with Gasteiger partial charge in [-0.3, -0.25) is 29.0 Å². The van der Waals surface area contributed by atoms with E-state index in [1.165, 1.54) is 14.1 Å². The van der Waals surface area contributed by atoms with E-state index in [1.807, 2.05) is 0 Å². The topological polar surface area (TPSA) is 112 Å². The van der Waals surface area contributed by atoms with Crippen LogP contribution in [0.25, 0.3) is 0 Å². The number of rotatable bonds is 3. The minimum absolute atomic E-state index is 0.443. The van der Waals surface area contributed by atoms with Crippen LogP contribution in [0.15, 0.2) is 0 Å². The number of sulfonamides is 1. The lowest BCUT2D eigenvalue weighted by Crippen LogP contribution is -2.84. The molecule has 0 aliphatic carbocycles. The van der Waals surface area contributed by atoms with Crippen molar-refractivity contribution < 1.29 is 27.6 Å². The van der Waals surface area contributed by atoms with Gasteiger partial charge in [-0.2, -0.15) is 0 Å². The zero-order chi connectivity index (χ0) is 15.6. The predicted molar refractivity (Wildman–Crippen MR) is 64.1 cm³/mol. The second-order valence-corrected chi connectivity index (χ2v) is 7.27. The highest BCUT2D eigenvalue weighted by Gasteiger charge is 2.80. The molecule has 0 aromatic carbocycles. The van der Waals surface area contributed by atoms with Gasteiger partial charge < -0.3 is 0 Å². The molecule has 1 unspecified atom stereocenters. The number of hydrogen-bond donors (Lipinski definition) is 0. The maximum absolute atomic E-state index is 12.0. The summed E-state index contributed by atoms with van der Waals surface area (Å²) in [6.07, 6.45) is 0. The maximum atomic E-state index is 12.0. The molecule has 10 heteroatoms. The Morgan fingerprint density at radius 3 is 1.75 bits per heavy atom. The maximum Gasteiger partial charge on any atom is 0.285 e. The van der Waals surface area contributed by atoms with Crippen LogP contribution in [0.2, 0.25) is 0 Å². The highest BCUT2D eigenvalue weighted by Crippen LogP contribution is 2.45. The van der Waals surface area contributed by atoms with Gasteiger partial charge in [-0.1, -0.05) is 0 Å². The predicted octanol–water partition coefficient (Wildman–Crippen LogP) is -2.42. The van der Waals surface area contributed by atoms with E-state index in [0.717, 1.165) is 18.3 Å². The summed E-state index contributed by atoms with van der Waals surface area (Å²) in [7, 11) is -0.245. The highest BCUT2D eigenvalue weighted by molar-refractivity contribution is 7.89. The van der Waals surface area contributed by atoms with E-state index in [9.17, 15) is 27.6 Å². The van der Waals surface area contributed by atoms with Gasteiger partial charge in [0.2, 0.25) is 10.0 Å². The summed E-state index contributed by atoms with van der Waals surface area (Å²) in [5.74, 6) is -3.98. The number of carbonyl (C=O) groups is 4. The van der Waals surface area contributed by atoms with Crippen LogP contribution >= 0.6 is 0 Å². The average molecular weight is 303 g/mol. The number of carbonyl (C=O) groups excluding carboxylic acids is 4. The van der Waals surface area contributed by atoms with Crippen molar-refractivity contribution in [2.24, 2.45) is 5.41 Å². The molecular weight excluding hydrogens is 290 g/mol. The molecule has 1 spiro atoms. The van der Waals surface area contributed by atoms with Crippen molar-refractivity contribution >= 4 is 33.7 Å². The van der Waals surface area contributed by atoms with Gasteiger partial charge in [-0.05, 0) is 6.92 Å². The Kier molecular flexibility index (Phi) is 2.81. The molecule has 0 aromatic heterocycles. The molecule has 2 aliphatic rings. The third-order valence-electron chi connectivity index (χ3n) is 3.63. The molecule has 0 aromatic rings. The van der Waals surface area contributed by atoms with Gasteiger partial charge in [0.25, 0.3) is 29.0 Å². The van der Waals surface area contributed by atoms with Crippen LogP contribution < -0.4 is 0 Å². The van der Waals surface area contributed by atoms with Crippen molar-refractivity contribution in [2.75, 3.05) is 21.1 Å². The first kappa shape index (κ1) is 14.6. The molecule has 0 bridgehead atoms. The molecule has 1 atom stereocenters. The van der Waals surface area contributed by atoms with Gasteiger partial charge in [0.05, 0.1) is 0 Å². The monoisotopic (exact) mass is 303 g/mol. The molecule has 4 amide bonds. The fourth-order valence-electron chi connectivity index (χ4n) is 2.26. The molecule has 0 radical (unpaired) electrons. The fourth-order valence-corrected chi connectivity index (χ4v) is 3.33. The lowest BCUT2D eigenvalue weighted by molar-refractivity contribution is -0.198. The van der Waals surface area contributed by atoms with Gasteiger partial charge in [0.1, 0.15) is 0 Å². The van der Waals surface area contributed by atoms with E-state index in [-0.39, 0.29) is 0 Å². The van der Waals surface area contributed by atoms with Gasteiger partial charge in [0, 0.05) is 21.1 Å². The first-order chi connectivity index (χ1) is 9.02. The summed E-state index contributed by atoms with van der Waals surface area (Å²) in [5, 5.41) is -1.46. The van der Waals surface area contributed by atoms with Gasteiger partial charge >= 0.3 is 0 Å². The summed E-state index contributed by atoms with van der Waals surface area (Å²) in [4.78, 5) is 48.4. The Hall–Kier alpha value is -1.81. The van der Waals surface area contributed by atoms with Crippen LogP contribution in [-0.2, 0) is 29.2 Å².